The number of methoxy groups -OCH3 is 1. The number of carboxylic acid groups (broad SMARTS) is 1. The molecule has 0 bridgehead atoms. The molecule has 304 valence electrons. The van der Waals surface area contributed by atoms with E-state index in [4.69, 9.17) is 14.5 Å². The SMILES string of the molecule is COC(=O)N[C@H](C(=O)N1CCC[C@H]1c1ncc(-c2ccc3c(c2)cc2n3COc3cc(-c4cnc([C@@H]5CCCN5C(=O)[C@@H](NC(=O)O)C(C)C)[nH]4)ccc3-2)[nH]1)C(C)C. The fourth-order valence-electron chi connectivity index (χ4n) is 8.59. The number of nitrogens with zero attached hydrogens (tertiary/aromatic N) is 5. The number of hydrogen-bond donors (Lipinski definition) is 5. The lowest BCUT2D eigenvalue weighted by Crippen LogP contribution is -2.51. The Hall–Kier alpha value is -6.32. The summed E-state index contributed by atoms with van der Waals surface area (Å²) in [7, 11) is 1.29. The Balaban J connectivity index is 0.998. The van der Waals surface area contributed by atoms with Crippen LogP contribution in [0.2, 0.25) is 0 Å². The van der Waals surface area contributed by atoms with Crippen LogP contribution in [0.3, 0.4) is 0 Å². The average Bonchev–Trinajstić information content (AvgIpc) is 4.06. The molecule has 5 N–H and O–H groups in total. The number of fused-ring (bicyclic) bond motifs is 5. The first-order valence-corrected chi connectivity index (χ1v) is 19.9. The minimum Gasteiger partial charge on any atom is -0.472 e. The van der Waals surface area contributed by atoms with Crippen molar-refractivity contribution in [2.45, 2.75) is 84.3 Å². The molecule has 3 aliphatic rings. The summed E-state index contributed by atoms with van der Waals surface area (Å²) in [4.78, 5) is 70.3. The topological polar surface area (TPSA) is 200 Å². The Bertz CT molecular complexity index is 2380. The number of alkyl carbamates (subject to hydrolysis) is 1. The third-order valence-corrected chi connectivity index (χ3v) is 11.6. The molecule has 2 aromatic carbocycles. The fraction of sp³-hybridized carbons (Fsp3) is 0.429. The maximum Gasteiger partial charge on any atom is 0.407 e. The van der Waals surface area contributed by atoms with Gasteiger partial charge >= 0.3 is 12.2 Å². The third-order valence-electron chi connectivity index (χ3n) is 11.6. The smallest absolute Gasteiger partial charge is 0.407 e. The molecule has 3 aromatic heterocycles. The molecular formula is C42H49N9O7. The number of benzene rings is 2. The van der Waals surface area contributed by atoms with Crippen molar-refractivity contribution in [2.75, 3.05) is 20.2 Å². The summed E-state index contributed by atoms with van der Waals surface area (Å²) in [6.07, 6.45) is 4.86. The van der Waals surface area contributed by atoms with Gasteiger partial charge in [0.2, 0.25) is 11.8 Å². The van der Waals surface area contributed by atoms with E-state index in [0.717, 1.165) is 76.1 Å². The molecule has 0 radical (unpaired) electrons. The fourth-order valence-corrected chi connectivity index (χ4v) is 8.59. The van der Waals surface area contributed by atoms with Crippen molar-refractivity contribution in [2.24, 2.45) is 11.8 Å². The van der Waals surface area contributed by atoms with Gasteiger partial charge in [0.05, 0.1) is 54.2 Å². The molecule has 16 heteroatoms. The van der Waals surface area contributed by atoms with Crippen LogP contribution < -0.4 is 15.4 Å². The Morgan fingerprint density at radius 3 is 1.95 bits per heavy atom. The number of H-pyrrole nitrogens is 2. The van der Waals surface area contributed by atoms with Crippen LogP contribution in [0.15, 0.2) is 54.9 Å². The number of likely N-dealkylation sites (tertiary alicyclic amines) is 2. The number of imidazole rings is 2. The zero-order valence-electron chi connectivity index (χ0n) is 33.2. The molecule has 3 aliphatic heterocycles. The van der Waals surface area contributed by atoms with Crippen molar-refractivity contribution in [1.82, 2.24) is 44.9 Å². The van der Waals surface area contributed by atoms with E-state index in [1.165, 1.54) is 7.11 Å². The van der Waals surface area contributed by atoms with Gasteiger partial charge in [0.25, 0.3) is 0 Å². The second-order valence-corrected chi connectivity index (χ2v) is 16.0. The molecule has 2 fully saturated rings. The molecule has 16 nitrogen and oxygen atoms in total. The Labute approximate surface area is 335 Å². The highest BCUT2D eigenvalue weighted by atomic mass is 16.5. The normalized spacial score (nSPS) is 18.5. The van der Waals surface area contributed by atoms with E-state index in [1.807, 2.05) is 52.1 Å². The van der Waals surface area contributed by atoms with E-state index in [-0.39, 0.29) is 35.7 Å². The summed E-state index contributed by atoms with van der Waals surface area (Å²) in [5.74, 6) is 1.41. The van der Waals surface area contributed by atoms with Crippen LogP contribution in [0.1, 0.15) is 77.1 Å². The minimum atomic E-state index is -1.22. The highest BCUT2D eigenvalue weighted by molar-refractivity contribution is 5.92. The summed E-state index contributed by atoms with van der Waals surface area (Å²) in [6.45, 7) is 8.91. The lowest BCUT2D eigenvalue weighted by atomic mass is 10.0. The lowest BCUT2D eigenvalue weighted by molar-refractivity contribution is -0.136. The van der Waals surface area contributed by atoms with Crippen LogP contribution in [-0.4, -0.2) is 95.7 Å². The molecule has 6 heterocycles. The summed E-state index contributed by atoms with van der Waals surface area (Å²) in [6, 6.07) is 12.5. The molecule has 0 unspecified atom stereocenters. The molecule has 8 rings (SSSR count). The zero-order valence-corrected chi connectivity index (χ0v) is 33.2. The van der Waals surface area contributed by atoms with E-state index in [2.05, 4.69) is 54.4 Å². The number of aromatic nitrogens is 5. The number of rotatable bonds is 10. The molecule has 2 saturated heterocycles. The van der Waals surface area contributed by atoms with E-state index < -0.39 is 24.3 Å². The molecule has 0 spiro atoms. The van der Waals surface area contributed by atoms with Gasteiger partial charge in [0.15, 0.2) is 6.73 Å². The predicted octanol–water partition coefficient (Wildman–Crippen LogP) is 6.44. The van der Waals surface area contributed by atoms with Crippen LogP contribution in [0.4, 0.5) is 9.59 Å². The highest BCUT2D eigenvalue weighted by Crippen LogP contribution is 2.42. The molecule has 4 atom stereocenters. The number of ether oxygens (including phenoxy) is 2. The van der Waals surface area contributed by atoms with E-state index in [1.54, 1.807) is 16.0 Å². The first-order valence-electron chi connectivity index (χ1n) is 19.9. The number of carbonyl (C=O) groups excluding carboxylic acids is 3. The molecule has 4 amide bonds. The van der Waals surface area contributed by atoms with Crippen molar-refractivity contribution < 1.29 is 33.8 Å². The largest absolute Gasteiger partial charge is 0.472 e. The van der Waals surface area contributed by atoms with Crippen LogP contribution in [0, 0.1) is 11.8 Å². The zero-order chi connectivity index (χ0) is 40.8. The summed E-state index contributed by atoms with van der Waals surface area (Å²) in [5.41, 5.74) is 6.52. The van der Waals surface area contributed by atoms with Crippen LogP contribution in [0.5, 0.6) is 5.75 Å². The molecular weight excluding hydrogens is 743 g/mol. The Morgan fingerprint density at radius 2 is 1.38 bits per heavy atom. The Morgan fingerprint density at radius 1 is 0.810 bits per heavy atom. The number of nitrogens with one attached hydrogen (secondary N) is 4. The van der Waals surface area contributed by atoms with Gasteiger partial charge in [0.1, 0.15) is 29.5 Å². The van der Waals surface area contributed by atoms with Gasteiger partial charge in [0, 0.05) is 35.2 Å². The van der Waals surface area contributed by atoms with Crippen LogP contribution in [0.25, 0.3) is 44.7 Å². The highest BCUT2D eigenvalue weighted by Gasteiger charge is 2.39. The molecule has 58 heavy (non-hydrogen) atoms. The second kappa shape index (κ2) is 15.6. The first-order chi connectivity index (χ1) is 27.9. The number of aromatic amines is 2. The Kier molecular flexibility index (Phi) is 10.3. The standard InChI is InChI=1S/C42H49N9O7/c1-22(2)35(47-41(54)55)39(52)49-14-6-8-31(49)38-44-20-29(46-38)25-10-12-27-33-17-26-16-24(11-13-30(26)51(33)21-58-34(27)18-25)28-19-43-37(45-28)32-9-7-15-50(32)40(53)36(23(3)4)48-42(56)57-5/h10-13,16-20,22-23,31-32,35-36,47H,6-9,14-15,21H2,1-5H3,(H,43,45)(H,44,46)(H,48,56)(H,54,55)/t31-,32-,35-,36-/m0/s1. The van der Waals surface area contributed by atoms with Gasteiger partial charge < -0.3 is 49.5 Å². The quantitative estimate of drug-likeness (QED) is 0.106. The minimum absolute atomic E-state index is 0.118. The first kappa shape index (κ1) is 38.5. The van der Waals surface area contributed by atoms with Gasteiger partial charge in [-0.05, 0) is 67.9 Å². The van der Waals surface area contributed by atoms with Gasteiger partial charge in [-0.25, -0.2) is 19.6 Å². The van der Waals surface area contributed by atoms with E-state index >= 15 is 0 Å². The lowest BCUT2D eigenvalue weighted by Gasteiger charge is -2.30. The summed E-state index contributed by atoms with van der Waals surface area (Å²) < 4.78 is 13.2. The summed E-state index contributed by atoms with van der Waals surface area (Å²) >= 11 is 0. The van der Waals surface area contributed by atoms with Crippen LogP contribution >= 0.6 is 0 Å². The third kappa shape index (κ3) is 7.11. The van der Waals surface area contributed by atoms with E-state index in [0.29, 0.717) is 31.5 Å². The van der Waals surface area contributed by atoms with Crippen molar-refractivity contribution in [3.63, 3.8) is 0 Å². The van der Waals surface area contributed by atoms with Gasteiger partial charge in [-0.2, -0.15) is 0 Å². The van der Waals surface area contributed by atoms with Crippen molar-refractivity contribution in [3.8, 4) is 39.5 Å². The molecule has 0 aliphatic carbocycles. The predicted molar refractivity (Wildman–Crippen MR) is 214 cm³/mol. The number of hydrogen-bond acceptors (Lipinski definition) is 8. The van der Waals surface area contributed by atoms with Gasteiger partial charge in [-0.15, -0.1) is 0 Å². The number of amides is 4. The monoisotopic (exact) mass is 791 g/mol. The van der Waals surface area contributed by atoms with Gasteiger partial charge in [-0.1, -0.05) is 39.8 Å². The maximum atomic E-state index is 13.6. The molecule has 5 aromatic rings. The molecule has 0 saturated carbocycles. The van der Waals surface area contributed by atoms with E-state index in [9.17, 15) is 24.3 Å². The van der Waals surface area contributed by atoms with Crippen molar-refractivity contribution in [1.29, 1.82) is 0 Å². The number of carbonyl (C=O) groups is 4. The average molecular weight is 792 g/mol. The van der Waals surface area contributed by atoms with Crippen molar-refractivity contribution >= 4 is 34.9 Å². The van der Waals surface area contributed by atoms with Gasteiger partial charge in [-0.3, -0.25) is 9.59 Å². The summed E-state index contributed by atoms with van der Waals surface area (Å²) in [5, 5.41) is 15.5. The van der Waals surface area contributed by atoms with Crippen LogP contribution in [-0.2, 0) is 21.1 Å². The maximum absolute atomic E-state index is 13.6. The second-order valence-electron chi connectivity index (χ2n) is 16.0. The van der Waals surface area contributed by atoms with Crippen molar-refractivity contribution in [3.05, 3.63) is 66.5 Å².